The predicted octanol–water partition coefficient (Wildman–Crippen LogP) is 5.05. The van der Waals surface area contributed by atoms with Gasteiger partial charge in [0.05, 0.1) is 6.04 Å². The number of rotatable bonds is 4. The summed E-state index contributed by atoms with van der Waals surface area (Å²) in [4.78, 5) is 4.11. The molecule has 3 aromatic rings. The van der Waals surface area contributed by atoms with E-state index in [1.807, 2.05) is 48.8 Å². The number of hydrogen-bond acceptors (Lipinski definition) is 2. The molecule has 0 aliphatic carbocycles. The standard InChI is InChI=1S/C18H15BrN2/c19-16-8-4-5-9-17(16)21-18(14-6-2-1-3-7-14)15-10-12-20-13-11-15/h1-13,18,21H. The van der Waals surface area contributed by atoms with E-state index in [-0.39, 0.29) is 6.04 Å². The second-order valence-electron chi connectivity index (χ2n) is 4.75. The zero-order chi connectivity index (χ0) is 14.5. The van der Waals surface area contributed by atoms with Crippen LogP contribution < -0.4 is 5.32 Å². The van der Waals surface area contributed by atoms with Gasteiger partial charge < -0.3 is 5.32 Å². The van der Waals surface area contributed by atoms with Crippen LogP contribution in [0, 0.1) is 0 Å². The highest BCUT2D eigenvalue weighted by atomic mass is 79.9. The molecule has 1 unspecified atom stereocenters. The Morgan fingerprint density at radius 2 is 1.38 bits per heavy atom. The fourth-order valence-electron chi connectivity index (χ4n) is 2.29. The largest absolute Gasteiger partial charge is 0.373 e. The Labute approximate surface area is 133 Å². The van der Waals surface area contributed by atoms with Gasteiger partial charge in [-0.05, 0) is 51.3 Å². The molecule has 0 spiro atoms. The number of anilines is 1. The maximum Gasteiger partial charge on any atom is 0.0768 e. The molecular weight excluding hydrogens is 324 g/mol. The molecule has 1 heterocycles. The quantitative estimate of drug-likeness (QED) is 0.720. The minimum absolute atomic E-state index is 0.0906. The first-order valence-corrected chi connectivity index (χ1v) is 7.60. The number of nitrogens with one attached hydrogen (secondary N) is 1. The summed E-state index contributed by atoms with van der Waals surface area (Å²) in [7, 11) is 0. The van der Waals surface area contributed by atoms with E-state index in [1.165, 1.54) is 11.1 Å². The average molecular weight is 339 g/mol. The Bertz CT molecular complexity index is 659. The summed E-state index contributed by atoms with van der Waals surface area (Å²) in [5, 5.41) is 3.61. The van der Waals surface area contributed by atoms with Crippen LogP contribution >= 0.6 is 15.9 Å². The van der Waals surface area contributed by atoms with E-state index in [0.29, 0.717) is 0 Å². The molecule has 1 N–H and O–H groups in total. The van der Waals surface area contributed by atoms with Crippen LogP contribution in [0.1, 0.15) is 17.2 Å². The van der Waals surface area contributed by atoms with Crippen molar-refractivity contribution in [3.63, 3.8) is 0 Å². The smallest absolute Gasteiger partial charge is 0.0768 e. The number of benzene rings is 2. The molecule has 2 nitrogen and oxygen atoms in total. The highest BCUT2D eigenvalue weighted by Gasteiger charge is 2.14. The highest BCUT2D eigenvalue weighted by molar-refractivity contribution is 9.10. The molecule has 21 heavy (non-hydrogen) atoms. The van der Waals surface area contributed by atoms with Gasteiger partial charge in [-0.2, -0.15) is 0 Å². The van der Waals surface area contributed by atoms with Crippen LogP contribution in [0.25, 0.3) is 0 Å². The zero-order valence-electron chi connectivity index (χ0n) is 11.4. The van der Waals surface area contributed by atoms with Gasteiger partial charge >= 0.3 is 0 Å². The third-order valence-corrected chi connectivity index (χ3v) is 4.04. The van der Waals surface area contributed by atoms with Crippen LogP contribution in [-0.4, -0.2) is 4.98 Å². The summed E-state index contributed by atoms with van der Waals surface area (Å²) >= 11 is 3.60. The normalized spacial score (nSPS) is 11.9. The molecule has 2 aromatic carbocycles. The second-order valence-corrected chi connectivity index (χ2v) is 5.60. The lowest BCUT2D eigenvalue weighted by atomic mass is 9.99. The topological polar surface area (TPSA) is 24.9 Å². The number of hydrogen-bond donors (Lipinski definition) is 1. The third kappa shape index (κ3) is 3.31. The predicted molar refractivity (Wildman–Crippen MR) is 90.3 cm³/mol. The lowest BCUT2D eigenvalue weighted by Gasteiger charge is -2.21. The Kier molecular flexibility index (Phi) is 4.31. The Hall–Kier alpha value is -2.13. The van der Waals surface area contributed by atoms with Gasteiger partial charge in [-0.25, -0.2) is 0 Å². The lowest BCUT2D eigenvalue weighted by Crippen LogP contribution is -2.12. The number of halogens is 1. The van der Waals surface area contributed by atoms with Crippen molar-refractivity contribution in [2.45, 2.75) is 6.04 Å². The van der Waals surface area contributed by atoms with Crippen LogP contribution in [0.15, 0.2) is 83.6 Å². The minimum atomic E-state index is 0.0906. The maximum atomic E-state index is 4.11. The first kappa shape index (κ1) is 13.8. The summed E-state index contributed by atoms with van der Waals surface area (Å²) in [6, 6.07) is 22.8. The van der Waals surface area contributed by atoms with Crippen molar-refractivity contribution in [2.75, 3.05) is 5.32 Å². The summed E-state index contributed by atoms with van der Waals surface area (Å²) in [6.07, 6.45) is 3.65. The van der Waals surface area contributed by atoms with Gasteiger partial charge in [0.2, 0.25) is 0 Å². The molecule has 0 amide bonds. The van der Waals surface area contributed by atoms with Gasteiger partial charge in [0.1, 0.15) is 0 Å². The van der Waals surface area contributed by atoms with E-state index in [9.17, 15) is 0 Å². The SMILES string of the molecule is Brc1ccccc1NC(c1ccccc1)c1ccncc1. The third-order valence-electron chi connectivity index (χ3n) is 3.35. The van der Waals surface area contributed by atoms with Gasteiger partial charge in [-0.1, -0.05) is 42.5 Å². The fourth-order valence-corrected chi connectivity index (χ4v) is 2.69. The Balaban J connectivity index is 1.99. The van der Waals surface area contributed by atoms with Crippen molar-refractivity contribution in [2.24, 2.45) is 0 Å². The Morgan fingerprint density at radius 1 is 0.762 bits per heavy atom. The lowest BCUT2D eigenvalue weighted by molar-refractivity contribution is 0.932. The van der Waals surface area contributed by atoms with E-state index in [1.54, 1.807) is 0 Å². The molecule has 104 valence electrons. The monoisotopic (exact) mass is 338 g/mol. The molecule has 0 radical (unpaired) electrons. The molecule has 0 bridgehead atoms. The van der Waals surface area contributed by atoms with Gasteiger partial charge in [-0.3, -0.25) is 4.98 Å². The van der Waals surface area contributed by atoms with Gasteiger partial charge in [-0.15, -0.1) is 0 Å². The van der Waals surface area contributed by atoms with Crippen LogP contribution in [0.2, 0.25) is 0 Å². The molecule has 0 aliphatic rings. The number of para-hydroxylation sites is 1. The van der Waals surface area contributed by atoms with Crippen molar-refractivity contribution in [1.29, 1.82) is 0 Å². The molecule has 1 atom stereocenters. The van der Waals surface area contributed by atoms with Crippen LogP contribution in [0.5, 0.6) is 0 Å². The van der Waals surface area contributed by atoms with Gasteiger partial charge in [0, 0.05) is 22.6 Å². The van der Waals surface area contributed by atoms with Gasteiger partial charge in [0.15, 0.2) is 0 Å². The molecule has 0 saturated heterocycles. The molecule has 3 heteroatoms. The molecule has 1 aromatic heterocycles. The maximum absolute atomic E-state index is 4.11. The molecular formula is C18H15BrN2. The number of aromatic nitrogens is 1. The molecule has 0 aliphatic heterocycles. The summed E-state index contributed by atoms with van der Waals surface area (Å²) in [6.45, 7) is 0. The van der Waals surface area contributed by atoms with Crippen molar-refractivity contribution >= 4 is 21.6 Å². The summed E-state index contributed by atoms with van der Waals surface area (Å²) in [5.41, 5.74) is 3.48. The van der Waals surface area contributed by atoms with Crippen molar-refractivity contribution in [1.82, 2.24) is 4.98 Å². The molecule has 3 rings (SSSR count). The second kappa shape index (κ2) is 6.55. The molecule has 0 fully saturated rings. The van der Waals surface area contributed by atoms with Crippen LogP contribution in [-0.2, 0) is 0 Å². The van der Waals surface area contributed by atoms with Crippen molar-refractivity contribution in [3.05, 3.63) is 94.7 Å². The first-order valence-electron chi connectivity index (χ1n) is 6.80. The molecule has 0 saturated carbocycles. The van der Waals surface area contributed by atoms with Crippen LogP contribution in [0.4, 0.5) is 5.69 Å². The van der Waals surface area contributed by atoms with E-state index in [4.69, 9.17) is 0 Å². The fraction of sp³-hybridized carbons (Fsp3) is 0.0556. The summed E-state index contributed by atoms with van der Waals surface area (Å²) < 4.78 is 1.06. The van der Waals surface area contributed by atoms with E-state index >= 15 is 0 Å². The van der Waals surface area contributed by atoms with Crippen molar-refractivity contribution in [3.8, 4) is 0 Å². The number of pyridine rings is 1. The van der Waals surface area contributed by atoms with Crippen molar-refractivity contribution < 1.29 is 0 Å². The van der Waals surface area contributed by atoms with Gasteiger partial charge in [0.25, 0.3) is 0 Å². The van der Waals surface area contributed by atoms with E-state index in [0.717, 1.165) is 10.2 Å². The highest BCUT2D eigenvalue weighted by Crippen LogP contribution is 2.30. The van der Waals surface area contributed by atoms with E-state index in [2.05, 4.69) is 56.6 Å². The van der Waals surface area contributed by atoms with E-state index < -0.39 is 0 Å². The van der Waals surface area contributed by atoms with Crippen LogP contribution in [0.3, 0.4) is 0 Å². The number of nitrogens with zero attached hydrogens (tertiary/aromatic N) is 1. The minimum Gasteiger partial charge on any atom is -0.373 e. The first-order chi connectivity index (χ1) is 10.3. The average Bonchev–Trinajstić information content (AvgIpc) is 2.56. The summed E-state index contributed by atoms with van der Waals surface area (Å²) in [5.74, 6) is 0. The zero-order valence-corrected chi connectivity index (χ0v) is 13.0. The Morgan fingerprint density at radius 3 is 2.10 bits per heavy atom.